The highest BCUT2D eigenvalue weighted by atomic mass is 16.2. The van der Waals surface area contributed by atoms with Crippen molar-refractivity contribution in [3.63, 3.8) is 0 Å². The summed E-state index contributed by atoms with van der Waals surface area (Å²) in [5.74, 6) is 0.828. The number of carbonyl (C=O) groups is 2. The highest BCUT2D eigenvalue weighted by Crippen LogP contribution is 2.18. The number of nitrogens with one attached hydrogen (secondary N) is 2. The molecule has 0 spiro atoms. The molecule has 0 aromatic rings. The number of piperidine rings is 2. The van der Waals surface area contributed by atoms with Gasteiger partial charge in [0.2, 0.25) is 11.8 Å². The van der Waals surface area contributed by atoms with Crippen LogP contribution in [0, 0.1) is 11.8 Å². The predicted molar refractivity (Wildman–Crippen MR) is 84.3 cm³/mol. The molecule has 3 rings (SSSR count). The molecule has 2 amide bonds. The molecule has 0 aliphatic carbocycles. The maximum Gasteiger partial charge on any atom is 0.227 e. The van der Waals surface area contributed by atoms with Crippen molar-refractivity contribution in [2.45, 2.75) is 25.7 Å². The first-order valence-corrected chi connectivity index (χ1v) is 8.74. The molecule has 0 saturated carbocycles. The van der Waals surface area contributed by atoms with Gasteiger partial charge in [0.05, 0.1) is 11.8 Å². The molecule has 3 saturated heterocycles. The molecule has 22 heavy (non-hydrogen) atoms. The van der Waals surface area contributed by atoms with Gasteiger partial charge in [-0.3, -0.25) is 9.59 Å². The van der Waals surface area contributed by atoms with Crippen LogP contribution in [0.15, 0.2) is 0 Å². The molecule has 0 aromatic heterocycles. The Morgan fingerprint density at radius 1 is 0.727 bits per heavy atom. The zero-order chi connectivity index (χ0) is 15.4. The van der Waals surface area contributed by atoms with E-state index >= 15 is 0 Å². The van der Waals surface area contributed by atoms with Crippen molar-refractivity contribution in [3.05, 3.63) is 0 Å². The van der Waals surface area contributed by atoms with Crippen LogP contribution in [0.2, 0.25) is 0 Å². The largest absolute Gasteiger partial charge is 0.339 e. The lowest BCUT2D eigenvalue weighted by Gasteiger charge is -2.39. The zero-order valence-corrected chi connectivity index (χ0v) is 13.4. The Morgan fingerprint density at radius 2 is 1.14 bits per heavy atom. The molecule has 124 valence electrons. The van der Waals surface area contributed by atoms with E-state index < -0.39 is 0 Å². The fourth-order valence-electron chi connectivity index (χ4n) is 3.79. The average Bonchev–Trinajstić information content (AvgIpc) is 2.62. The fourth-order valence-corrected chi connectivity index (χ4v) is 3.79. The van der Waals surface area contributed by atoms with Crippen LogP contribution in [0.5, 0.6) is 0 Å². The first-order valence-electron chi connectivity index (χ1n) is 8.74. The highest BCUT2D eigenvalue weighted by Gasteiger charge is 2.32. The zero-order valence-electron chi connectivity index (χ0n) is 13.4. The molecule has 2 atom stereocenters. The molecule has 2 unspecified atom stereocenters. The van der Waals surface area contributed by atoms with Crippen LogP contribution >= 0.6 is 0 Å². The van der Waals surface area contributed by atoms with Crippen molar-refractivity contribution in [1.82, 2.24) is 20.4 Å². The molecule has 3 fully saturated rings. The van der Waals surface area contributed by atoms with E-state index in [1.165, 1.54) is 0 Å². The maximum atomic E-state index is 12.5. The van der Waals surface area contributed by atoms with E-state index in [0.29, 0.717) is 26.2 Å². The van der Waals surface area contributed by atoms with E-state index in [9.17, 15) is 9.59 Å². The molecule has 6 heteroatoms. The minimum absolute atomic E-state index is 0.138. The third-order valence-corrected chi connectivity index (χ3v) is 5.20. The number of hydrogen-bond donors (Lipinski definition) is 2. The summed E-state index contributed by atoms with van der Waals surface area (Å²) >= 11 is 0. The van der Waals surface area contributed by atoms with Crippen LogP contribution in [0.4, 0.5) is 0 Å². The van der Waals surface area contributed by atoms with Gasteiger partial charge in [-0.05, 0) is 38.8 Å². The minimum Gasteiger partial charge on any atom is -0.339 e. The van der Waals surface area contributed by atoms with Crippen molar-refractivity contribution in [1.29, 1.82) is 0 Å². The first-order chi connectivity index (χ1) is 10.8. The van der Waals surface area contributed by atoms with Gasteiger partial charge in [-0.2, -0.15) is 0 Å². The number of rotatable bonds is 2. The molecule has 0 radical (unpaired) electrons. The van der Waals surface area contributed by atoms with Crippen LogP contribution in [-0.4, -0.2) is 74.0 Å². The second-order valence-corrected chi connectivity index (χ2v) is 6.74. The minimum atomic E-state index is 0.138. The van der Waals surface area contributed by atoms with E-state index in [4.69, 9.17) is 0 Å². The summed E-state index contributed by atoms with van der Waals surface area (Å²) in [5, 5.41) is 6.61. The van der Waals surface area contributed by atoms with Gasteiger partial charge in [-0.1, -0.05) is 0 Å². The summed E-state index contributed by atoms with van der Waals surface area (Å²) in [6, 6.07) is 0. The Hall–Kier alpha value is -1.14. The van der Waals surface area contributed by atoms with Crippen molar-refractivity contribution < 1.29 is 9.59 Å². The lowest BCUT2D eigenvalue weighted by Crippen LogP contribution is -2.55. The van der Waals surface area contributed by atoms with E-state index in [1.54, 1.807) is 0 Å². The third-order valence-electron chi connectivity index (χ3n) is 5.20. The highest BCUT2D eigenvalue weighted by molar-refractivity contribution is 5.81. The Bertz CT molecular complexity index is 357. The number of amides is 2. The summed E-state index contributed by atoms with van der Waals surface area (Å²) < 4.78 is 0. The maximum absolute atomic E-state index is 12.5. The van der Waals surface area contributed by atoms with Gasteiger partial charge in [0.1, 0.15) is 0 Å². The normalized spacial score (nSPS) is 30.2. The quantitative estimate of drug-likeness (QED) is 0.732. The lowest BCUT2D eigenvalue weighted by atomic mass is 9.97. The van der Waals surface area contributed by atoms with Gasteiger partial charge in [-0.25, -0.2) is 0 Å². The Morgan fingerprint density at radius 3 is 1.45 bits per heavy atom. The van der Waals surface area contributed by atoms with Gasteiger partial charge >= 0.3 is 0 Å². The molecule has 3 heterocycles. The SMILES string of the molecule is O=C(C1CCCNC1)N1CCN(C(=O)C2CCCNC2)CC1. The van der Waals surface area contributed by atoms with E-state index in [0.717, 1.165) is 51.9 Å². The van der Waals surface area contributed by atoms with Gasteiger partial charge in [-0.15, -0.1) is 0 Å². The summed E-state index contributed by atoms with van der Waals surface area (Å²) in [5.41, 5.74) is 0. The summed E-state index contributed by atoms with van der Waals surface area (Å²) in [6.07, 6.45) is 4.17. The van der Waals surface area contributed by atoms with Crippen LogP contribution in [0.3, 0.4) is 0 Å². The number of piperazine rings is 1. The van der Waals surface area contributed by atoms with Crippen molar-refractivity contribution >= 4 is 11.8 Å². The number of nitrogens with zero attached hydrogens (tertiary/aromatic N) is 2. The molecule has 3 aliphatic rings. The molecule has 0 bridgehead atoms. The Kier molecular flexibility index (Phi) is 5.31. The second kappa shape index (κ2) is 7.42. The van der Waals surface area contributed by atoms with E-state index in [1.807, 2.05) is 9.80 Å². The van der Waals surface area contributed by atoms with Crippen LogP contribution < -0.4 is 10.6 Å². The molecular formula is C16H28N4O2. The summed E-state index contributed by atoms with van der Waals surface area (Å²) in [4.78, 5) is 28.9. The van der Waals surface area contributed by atoms with E-state index in [-0.39, 0.29) is 23.7 Å². The standard InChI is InChI=1S/C16H28N4O2/c21-15(13-3-1-5-17-11-13)19-7-9-20(10-8-19)16(22)14-4-2-6-18-12-14/h13-14,17-18H,1-12H2. The Balaban J connectivity index is 1.47. The van der Waals surface area contributed by atoms with Gasteiger partial charge in [0.25, 0.3) is 0 Å². The van der Waals surface area contributed by atoms with Crippen molar-refractivity contribution in [2.75, 3.05) is 52.4 Å². The number of hydrogen-bond acceptors (Lipinski definition) is 4. The average molecular weight is 308 g/mol. The van der Waals surface area contributed by atoms with Crippen molar-refractivity contribution in [2.24, 2.45) is 11.8 Å². The Labute approximate surface area is 132 Å². The molecule has 3 aliphatic heterocycles. The molecule has 6 nitrogen and oxygen atoms in total. The molecule has 2 N–H and O–H groups in total. The molecular weight excluding hydrogens is 280 g/mol. The summed E-state index contributed by atoms with van der Waals surface area (Å²) in [6.45, 7) is 6.46. The smallest absolute Gasteiger partial charge is 0.227 e. The first kappa shape index (κ1) is 15.7. The fraction of sp³-hybridized carbons (Fsp3) is 0.875. The second-order valence-electron chi connectivity index (χ2n) is 6.74. The van der Waals surface area contributed by atoms with Gasteiger partial charge in [0.15, 0.2) is 0 Å². The lowest BCUT2D eigenvalue weighted by molar-refractivity contribution is -0.144. The summed E-state index contributed by atoms with van der Waals surface area (Å²) in [7, 11) is 0. The monoisotopic (exact) mass is 308 g/mol. The van der Waals surface area contributed by atoms with Crippen LogP contribution in [-0.2, 0) is 9.59 Å². The van der Waals surface area contributed by atoms with Crippen LogP contribution in [0.25, 0.3) is 0 Å². The third kappa shape index (κ3) is 3.60. The van der Waals surface area contributed by atoms with E-state index in [2.05, 4.69) is 10.6 Å². The topological polar surface area (TPSA) is 64.7 Å². The van der Waals surface area contributed by atoms with Crippen LogP contribution in [0.1, 0.15) is 25.7 Å². The number of carbonyl (C=O) groups excluding carboxylic acids is 2. The van der Waals surface area contributed by atoms with Gasteiger partial charge < -0.3 is 20.4 Å². The van der Waals surface area contributed by atoms with Gasteiger partial charge in [0, 0.05) is 39.3 Å². The van der Waals surface area contributed by atoms with Crippen molar-refractivity contribution in [3.8, 4) is 0 Å². The molecule has 0 aromatic carbocycles. The predicted octanol–water partition coefficient (Wildman–Crippen LogP) is -0.344.